The zero-order chi connectivity index (χ0) is 19.1. The highest BCUT2D eigenvalue weighted by Gasteiger charge is 2.47. The maximum Gasteiger partial charge on any atom is 0.0962 e. The molecule has 3 aromatic rings. The molecule has 2 aliphatic rings. The normalized spacial score (nSPS) is 24.7. The summed E-state index contributed by atoms with van der Waals surface area (Å²) in [7, 11) is 0. The van der Waals surface area contributed by atoms with Crippen LogP contribution in [0.2, 0.25) is 0 Å². The minimum atomic E-state index is -0.456. The molecule has 0 bridgehead atoms. The Morgan fingerprint density at radius 2 is 1.36 bits per heavy atom. The molecule has 28 heavy (non-hydrogen) atoms. The molecule has 0 radical (unpaired) electrons. The van der Waals surface area contributed by atoms with Crippen molar-refractivity contribution in [3.8, 4) is 11.1 Å². The first-order chi connectivity index (χ1) is 13.7. The van der Waals surface area contributed by atoms with Crippen LogP contribution in [-0.2, 0) is 5.54 Å². The van der Waals surface area contributed by atoms with Crippen LogP contribution in [0.5, 0.6) is 0 Å². The zero-order valence-corrected chi connectivity index (χ0v) is 15.8. The number of nitrogens with one attached hydrogen (secondary N) is 1. The molecule has 5 rings (SSSR count). The second-order valence-corrected chi connectivity index (χ2v) is 8.03. The molecule has 1 saturated carbocycles. The van der Waals surface area contributed by atoms with Gasteiger partial charge in [-0.15, -0.1) is 0 Å². The molecule has 3 atom stereocenters. The van der Waals surface area contributed by atoms with Gasteiger partial charge in [-0.1, -0.05) is 78.9 Å². The molecule has 0 aliphatic heterocycles. The predicted octanol–water partition coefficient (Wildman–Crippen LogP) is 3.68. The Bertz CT molecular complexity index is 939. The van der Waals surface area contributed by atoms with Gasteiger partial charge in [0, 0.05) is 18.6 Å². The van der Waals surface area contributed by atoms with Gasteiger partial charge in [-0.2, -0.15) is 0 Å². The maximum absolute atomic E-state index is 10.4. The predicted molar refractivity (Wildman–Crippen MR) is 111 cm³/mol. The number of aliphatic hydroxyl groups is 2. The molecule has 1 fully saturated rings. The van der Waals surface area contributed by atoms with Crippen LogP contribution in [0.3, 0.4) is 0 Å². The Kier molecular flexibility index (Phi) is 4.31. The molecule has 3 N–H and O–H groups in total. The van der Waals surface area contributed by atoms with E-state index >= 15 is 0 Å². The average molecular weight is 371 g/mol. The highest BCUT2D eigenvalue weighted by Crippen LogP contribution is 2.51. The summed E-state index contributed by atoms with van der Waals surface area (Å²) >= 11 is 0. The van der Waals surface area contributed by atoms with Crippen LogP contribution in [0, 0.1) is 5.92 Å². The van der Waals surface area contributed by atoms with Gasteiger partial charge in [0.05, 0.1) is 11.6 Å². The maximum atomic E-state index is 10.4. The Morgan fingerprint density at radius 1 is 0.786 bits per heavy atom. The lowest BCUT2D eigenvalue weighted by Crippen LogP contribution is -2.48. The summed E-state index contributed by atoms with van der Waals surface area (Å²) in [6, 6.07) is 27.9. The van der Waals surface area contributed by atoms with Crippen molar-refractivity contribution in [2.24, 2.45) is 5.92 Å². The third kappa shape index (κ3) is 2.55. The summed E-state index contributed by atoms with van der Waals surface area (Å²) in [6.07, 6.45) is 0.975. The van der Waals surface area contributed by atoms with E-state index in [-0.39, 0.29) is 18.6 Å². The van der Waals surface area contributed by atoms with Crippen molar-refractivity contribution >= 4 is 0 Å². The van der Waals surface area contributed by atoms with Crippen molar-refractivity contribution in [3.05, 3.63) is 95.6 Å². The third-order valence-corrected chi connectivity index (χ3v) is 6.47. The number of hydrogen-bond acceptors (Lipinski definition) is 3. The Hall–Kier alpha value is -2.46. The third-order valence-electron chi connectivity index (χ3n) is 6.47. The molecule has 3 nitrogen and oxygen atoms in total. The highest BCUT2D eigenvalue weighted by molar-refractivity contribution is 5.83. The topological polar surface area (TPSA) is 52.5 Å². The molecular weight excluding hydrogens is 346 g/mol. The first-order valence-electron chi connectivity index (χ1n) is 10.1. The first-order valence-corrected chi connectivity index (χ1v) is 10.1. The molecule has 2 aliphatic carbocycles. The standard InChI is InChI=1S/C25H25NO2/c27-16-17-14-19(15-24(17)28)26-25(18-8-2-1-3-9-18)22-12-6-4-10-20(22)21-11-5-7-13-23(21)25/h1-13,17,19,24,26-28H,14-16H2/t17-,19-,24+/m1/s1. The lowest BCUT2D eigenvalue weighted by molar-refractivity contribution is 0.0906. The molecule has 0 amide bonds. The SMILES string of the molecule is OC[C@H]1C[C@@H](NC2(c3ccccc3)c3ccccc3-c3ccccc32)C[C@@H]1O. The van der Waals surface area contributed by atoms with Gasteiger partial charge >= 0.3 is 0 Å². The van der Waals surface area contributed by atoms with Crippen molar-refractivity contribution in [3.63, 3.8) is 0 Å². The Labute approximate surface area is 165 Å². The van der Waals surface area contributed by atoms with E-state index in [0.29, 0.717) is 6.42 Å². The summed E-state index contributed by atoms with van der Waals surface area (Å²) in [5.41, 5.74) is 5.77. The Morgan fingerprint density at radius 3 is 1.93 bits per heavy atom. The molecule has 142 valence electrons. The van der Waals surface area contributed by atoms with E-state index in [1.807, 2.05) is 6.07 Å². The van der Waals surface area contributed by atoms with E-state index in [1.54, 1.807) is 0 Å². The van der Waals surface area contributed by atoms with E-state index < -0.39 is 11.6 Å². The van der Waals surface area contributed by atoms with Crippen LogP contribution in [-0.4, -0.2) is 29.0 Å². The van der Waals surface area contributed by atoms with Gasteiger partial charge in [0.15, 0.2) is 0 Å². The van der Waals surface area contributed by atoms with E-state index in [9.17, 15) is 10.2 Å². The van der Waals surface area contributed by atoms with E-state index in [0.717, 1.165) is 6.42 Å². The molecule has 0 aromatic heterocycles. The second kappa shape index (κ2) is 6.85. The van der Waals surface area contributed by atoms with Crippen LogP contribution >= 0.6 is 0 Å². The second-order valence-electron chi connectivity index (χ2n) is 8.03. The molecular formula is C25H25NO2. The van der Waals surface area contributed by atoms with Gasteiger partial charge in [0.2, 0.25) is 0 Å². The fraction of sp³-hybridized carbons (Fsp3) is 0.280. The monoisotopic (exact) mass is 371 g/mol. The molecule has 3 aromatic carbocycles. The summed E-state index contributed by atoms with van der Waals surface area (Å²) in [5.74, 6) is -0.0581. The van der Waals surface area contributed by atoms with E-state index in [4.69, 9.17) is 0 Å². The van der Waals surface area contributed by atoms with Crippen LogP contribution in [0.15, 0.2) is 78.9 Å². The van der Waals surface area contributed by atoms with Gasteiger partial charge in [0.25, 0.3) is 0 Å². The summed E-state index contributed by atoms with van der Waals surface area (Å²) in [5, 5.41) is 23.9. The lowest BCUT2D eigenvalue weighted by Gasteiger charge is -2.37. The molecule has 0 spiro atoms. The largest absolute Gasteiger partial charge is 0.396 e. The number of fused-ring (bicyclic) bond motifs is 3. The van der Waals surface area contributed by atoms with Gasteiger partial charge in [-0.05, 0) is 40.7 Å². The fourth-order valence-corrected chi connectivity index (χ4v) is 5.20. The average Bonchev–Trinajstić information content (AvgIpc) is 3.25. The van der Waals surface area contributed by atoms with Crippen molar-refractivity contribution in [1.29, 1.82) is 0 Å². The van der Waals surface area contributed by atoms with Crippen molar-refractivity contribution in [1.82, 2.24) is 5.32 Å². The quantitative estimate of drug-likeness (QED) is 0.656. The molecule has 0 unspecified atom stereocenters. The van der Waals surface area contributed by atoms with E-state index in [2.05, 4.69) is 78.1 Å². The lowest BCUT2D eigenvalue weighted by atomic mass is 9.80. The Balaban J connectivity index is 1.70. The minimum absolute atomic E-state index is 0.0326. The molecule has 3 heteroatoms. The van der Waals surface area contributed by atoms with Gasteiger partial charge in [0.1, 0.15) is 0 Å². The summed E-state index contributed by atoms with van der Waals surface area (Å²) < 4.78 is 0. The van der Waals surface area contributed by atoms with Gasteiger partial charge in [-0.3, -0.25) is 5.32 Å². The van der Waals surface area contributed by atoms with E-state index in [1.165, 1.54) is 27.8 Å². The summed E-state index contributed by atoms with van der Waals surface area (Å²) in [4.78, 5) is 0. The number of rotatable bonds is 4. The molecule has 0 heterocycles. The first kappa shape index (κ1) is 17.6. The van der Waals surface area contributed by atoms with Crippen LogP contribution < -0.4 is 5.32 Å². The number of aliphatic hydroxyl groups excluding tert-OH is 2. The van der Waals surface area contributed by atoms with Gasteiger partial charge in [-0.25, -0.2) is 0 Å². The van der Waals surface area contributed by atoms with Crippen LogP contribution in [0.1, 0.15) is 29.5 Å². The zero-order valence-electron chi connectivity index (χ0n) is 15.8. The number of hydrogen-bond donors (Lipinski definition) is 3. The minimum Gasteiger partial charge on any atom is -0.396 e. The summed E-state index contributed by atoms with van der Waals surface area (Å²) in [6.45, 7) is 0.0326. The van der Waals surface area contributed by atoms with Crippen molar-refractivity contribution in [2.45, 2.75) is 30.5 Å². The fourth-order valence-electron chi connectivity index (χ4n) is 5.20. The molecule has 0 saturated heterocycles. The van der Waals surface area contributed by atoms with Crippen LogP contribution in [0.4, 0.5) is 0 Å². The van der Waals surface area contributed by atoms with Crippen molar-refractivity contribution in [2.75, 3.05) is 6.61 Å². The highest BCUT2D eigenvalue weighted by atomic mass is 16.3. The van der Waals surface area contributed by atoms with Gasteiger partial charge < -0.3 is 10.2 Å². The smallest absolute Gasteiger partial charge is 0.0962 e. The van der Waals surface area contributed by atoms with Crippen molar-refractivity contribution < 1.29 is 10.2 Å². The van der Waals surface area contributed by atoms with Crippen LogP contribution in [0.25, 0.3) is 11.1 Å². The number of benzene rings is 3.